The number of aromatic nitrogens is 2. The van der Waals surface area contributed by atoms with E-state index in [0.717, 1.165) is 6.07 Å². The number of nitrogens with one attached hydrogen (secondary N) is 1. The molecule has 0 aliphatic carbocycles. The molecule has 96 valence electrons. The number of rotatable bonds is 3. The molecule has 2 aromatic rings. The monoisotopic (exact) mass is 318 g/mol. The van der Waals surface area contributed by atoms with Crippen LogP contribution >= 0.6 is 15.9 Å². The Balaban J connectivity index is 2.25. The van der Waals surface area contributed by atoms with Crippen LogP contribution in [0.1, 0.15) is 18.9 Å². The zero-order chi connectivity index (χ0) is 13.3. The summed E-state index contributed by atoms with van der Waals surface area (Å²) >= 11 is 2.95. The third-order valence-electron chi connectivity index (χ3n) is 2.08. The number of nitrogens with two attached hydrogens (primary N) is 1. The summed E-state index contributed by atoms with van der Waals surface area (Å²) < 4.78 is 31.7. The van der Waals surface area contributed by atoms with Crippen molar-refractivity contribution in [2.75, 3.05) is 5.32 Å². The van der Waals surface area contributed by atoms with Crippen LogP contribution in [-0.2, 0) is 0 Å². The molecule has 0 saturated carbocycles. The Morgan fingerprint density at radius 3 is 2.67 bits per heavy atom. The molecule has 3 N–H and O–H groups in total. The summed E-state index contributed by atoms with van der Waals surface area (Å²) in [5.74, 6) is -1.24. The topological polar surface area (TPSA) is 77.0 Å². The summed E-state index contributed by atoms with van der Waals surface area (Å²) in [4.78, 5) is 0. The molecular weight excluding hydrogens is 310 g/mol. The third-order valence-corrected chi connectivity index (χ3v) is 2.69. The zero-order valence-corrected chi connectivity index (χ0v) is 10.8. The molecule has 0 saturated heterocycles. The average Bonchev–Trinajstić information content (AvgIpc) is 2.74. The second-order valence-corrected chi connectivity index (χ2v) is 4.46. The first-order valence-corrected chi connectivity index (χ1v) is 5.77. The molecule has 1 heterocycles. The lowest BCUT2D eigenvalue weighted by atomic mass is 10.3. The Morgan fingerprint density at radius 2 is 2.06 bits per heavy atom. The average molecular weight is 319 g/mol. The molecule has 0 bridgehead atoms. The number of hydrogen-bond donors (Lipinski definition) is 2. The summed E-state index contributed by atoms with van der Waals surface area (Å²) in [5, 5.41) is 9.86. The van der Waals surface area contributed by atoms with Crippen molar-refractivity contribution in [2.45, 2.75) is 13.0 Å². The summed E-state index contributed by atoms with van der Waals surface area (Å²) in [6.45, 7) is 1.67. The highest BCUT2D eigenvalue weighted by Gasteiger charge is 2.13. The lowest BCUT2D eigenvalue weighted by molar-refractivity contribution is 0.475. The van der Waals surface area contributed by atoms with Gasteiger partial charge in [-0.25, -0.2) is 8.78 Å². The first kappa shape index (κ1) is 12.9. The molecule has 1 atom stereocenters. The predicted molar refractivity (Wildman–Crippen MR) is 64.2 cm³/mol. The van der Waals surface area contributed by atoms with Crippen LogP contribution in [0.25, 0.3) is 0 Å². The van der Waals surface area contributed by atoms with Crippen molar-refractivity contribution in [3.63, 3.8) is 0 Å². The van der Waals surface area contributed by atoms with Crippen LogP contribution in [0.3, 0.4) is 0 Å². The molecule has 8 heteroatoms. The van der Waals surface area contributed by atoms with Gasteiger partial charge in [0.05, 0.1) is 16.2 Å². The SMILES string of the molecule is CC(N)c1nnc(Nc2cc(Br)c(F)cc2F)o1. The summed E-state index contributed by atoms with van der Waals surface area (Å²) in [7, 11) is 0. The van der Waals surface area contributed by atoms with Crippen molar-refractivity contribution in [1.29, 1.82) is 0 Å². The Kier molecular flexibility index (Phi) is 3.58. The van der Waals surface area contributed by atoms with Gasteiger partial charge in [0.1, 0.15) is 11.6 Å². The second kappa shape index (κ2) is 4.99. The predicted octanol–water partition coefficient (Wildman–Crippen LogP) is 2.87. The highest BCUT2D eigenvalue weighted by molar-refractivity contribution is 9.10. The molecule has 0 fully saturated rings. The van der Waals surface area contributed by atoms with Crippen LogP contribution in [0.15, 0.2) is 21.0 Å². The third kappa shape index (κ3) is 2.65. The summed E-state index contributed by atoms with van der Waals surface area (Å²) in [5.41, 5.74) is 5.56. The van der Waals surface area contributed by atoms with Crippen LogP contribution in [-0.4, -0.2) is 10.2 Å². The maximum absolute atomic E-state index is 13.4. The maximum Gasteiger partial charge on any atom is 0.320 e. The van der Waals surface area contributed by atoms with Gasteiger partial charge >= 0.3 is 6.01 Å². The smallest absolute Gasteiger partial charge is 0.320 e. The van der Waals surface area contributed by atoms with Crippen molar-refractivity contribution in [1.82, 2.24) is 10.2 Å². The van der Waals surface area contributed by atoms with E-state index in [1.54, 1.807) is 6.92 Å². The van der Waals surface area contributed by atoms with Gasteiger partial charge in [-0.05, 0) is 28.9 Å². The van der Waals surface area contributed by atoms with Crippen LogP contribution < -0.4 is 11.1 Å². The van der Waals surface area contributed by atoms with Gasteiger partial charge in [0.2, 0.25) is 5.89 Å². The highest BCUT2D eigenvalue weighted by Crippen LogP contribution is 2.26. The second-order valence-electron chi connectivity index (χ2n) is 3.61. The van der Waals surface area contributed by atoms with Gasteiger partial charge in [0.15, 0.2) is 0 Å². The van der Waals surface area contributed by atoms with Crippen LogP contribution in [0, 0.1) is 11.6 Å². The number of anilines is 2. The highest BCUT2D eigenvalue weighted by atomic mass is 79.9. The van der Waals surface area contributed by atoms with E-state index in [1.807, 2.05) is 0 Å². The normalized spacial score (nSPS) is 12.5. The lowest BCUT2D eigenvalue weighted by Gasteiger charge is -2.04. The standard InChI is InChI=1S/C10H9BrF2N4O/c1-4(14)9-16-17-10(18-9)15-8-2-5(11)6(12)3-7(8)13/h2-4H,14H2,1H3,(H,15,17). The minimum atomic E-state index is -0.767. The minimum Gasteiger partial charge on any atom is -0.406 e. The van der Waals surface area contributed by atoms with Crippen molar-refractivity contribution in [2.24, 2.45) is 5.73 Å². The van der Waals surface area contributed by atoms with E-state index in [2.05, 4.69) is 31.4 Å². The first-order valence-electron chi connectivity index (χ1n) is 4.98. The van der Waals surface area contributed by atoms with E-state index in [0.29, 0.717) is 0 Å². The van der Waals surface area contributed by atoms with Gasteiger partial charge in [-0.1, -0.05) is 5.10 Å². The van der Waals surface area contributed by atoms with Gasteiger partial charge in [0, 0.05) is 6.07 Å². The molecule has 0 spiro atoms. The van der Waals surface area contributed by atoms with Gasteiger partial charge in [-0.3, -0.25) is 0 Å². The van der Waals surface area contributed by atoms with Gasteiger partial charge in [-0.2, -0.15) is 0 Å². The molecule has 5 nitrogen and oxygen atoms in total. The van der Waals surface area contributed by atoms with Gasteiger partial charge in [0.25, 0.3) is 0 Å². The molecule has 2 rings (SSSR count). The Labute approximate surface area is 110 Å². The maximum atomic E-state index is 13.4. The number of hydrogen-bond acceptors (Lipinski definition) is 5. The van der Waals surface area contributed by atoms with Crippen LogP contribution in [0.4, 0.5) is 20.5 Å². The molecule has 0 amide bonds. The Hall–Kier alpha value is -1.54. The first-order chi connectivity index (χ1) is 8.47. The summed E-state index contributed by atoms with van der Waals surface area (Å²) in [6.07, 6.45) is 0. The molecule has 0 aliphatic rings. The Bertz CT molecular complexity index is 573. The van der Waals surface area contributed by atoms with Crippen LogP contribution in [0.5, 0.6) is 0 Å². The fraction of sp³-hybridized carbons (Fsp3) is 0.200. The molecule has 1 aromatic carbocycles. The van der Waals surface area contributed by atoms with E-state index >= 15 is 0 Å². The largest absolute Gasteiger partial charge is 0.406 e. The quantitative estimate of drug-likeness (QED) is 0.851. The number of benzene rings is 1. The summed E-state index contributed by atoms with van der Waals surface area (Å²) in [6, 6.07) is 1.55. The van der Waals surface area contributed by atoms with Crippen molar-refractivity contribution in [3.05, 3.63) is 34.1 Å². The van der Waals surface area contributed by atoms with Crippen molar-refractivity contribution >= 4 is 27.6 Å². The van der Waals surface area contributed by atoms with E-state index < -0.39 is 17.7 Å². The van der Waals surface area contributed by atoms with Crippen LogP contribution in [0.2, 0.25) is 0 Å². The Morgan fingerprint density at radius 1 is 1.33 bits per heavy atom. The fourth-order valence-electron chi connectivity index (χ4n) is 1.20. The lowest BCUT2D eigenvalue weighted by Crippen LogP contribution is -2.04. The van der Waals surface area contributed by atoms with E-state index in [4.69, 9.17) is 10.2 Å². The van der Waals surface area contributed by atoms with Gasteiger partial charge in [-0.15, -0.1) is 5.10 Å². The molecule has 1 aromatic heterocycles. The minimum absolute atomic E-state index is 0.0142. The fourth-order valence-corrected chi connectivity index (χ4v) is 1.55. The molecular formula is C10H9BrF2N4O. The van der Waals surface area contributed by atoms with E-state index in [9.17, 15) is 8.78 Å². The zero-order valence-electron chi connectivity index (χ0n) is 9.25. The molecule has 1 unspecified atom stereocenters. The number of halogens is 3. The van der Waals surface area contributed by atoms with Gasteiger partial charge < -0.3 is 15.5 Å². The van der Waals surface area contributed by atoms with E-state index in [-0.39, 0.29) is 22.1 Å². The van der Waals surface area contributed by atoms with Crippen molar-refractivity contribution < 1.29 is 13.2 Å². The molecule has 18 heavy (non-hydrogen) atoms. The number of nitrogens with zero attached hydrogens (tertiary/aromatic N) is 2. The molecule has 0 aliphatic heterocycles. The van der Waals surface area contributed by atoms with E-state index in [1.165, 1.54) is 6.07 Å². The van der Waals surface area contributed by atoms with Crippen molar-refractivity contribution in [3.8, 4) is 0 Å². The molecule has 0 radical (unpaired) electrons.